The molecule has 4 heteroatoms. The van der Waals surface area contributed by atoms with E-state index in [1.165, 1.54) is 0 Å². The summed E-state index contributed by atoms with van der Waals surface area (Å²) < 4.78 is 5.06. The van der Waals surface area contributed by atoms with Crippen LogP contribution < -0.4 is 5.32 Å². The van der Waals surface area contributed by atoms with Gasteiger partial charge >= 0.3 is 0 Å². The van der Waals surface area contributed by atoms with Crippen LogP contribution in [-0.4, -0.2) is 37.2 Å². The van der Waals surface area contributed by atoms with E-state index in [2.05, 4.69) is 31.1 Å². The molecule has 0 saturated carbocycles. The first-order valence-electron chi connectivity index (χ1n) is 4.96. The molecular weight excluding hydrogens is 196 g/mol. The molecule has 0 saturated heterocycles. The van der Waals surface area contributed by atoms with Gasteiger partial charge in [0, 0.05) is 25.4 Å². The van der Waals surface area contributed by atoms with Gasteiger partial charge in [-0.3, -0.25) is 4.99 Å². The molecule has 0 aromatic carbocycles. The number of rotatable bonds is 3. The van der Waals surface area contributed by atoms with Crippen molar-refractivity contribution in [3.05, 3.63) is 0 Å². The van der Waals surface area contributed by atoms with E-state index in [0.717, 1.165) is 24.1 Å². The van der Waals surface area contributed by atoms with E-state index < -0.39 is 0 Å². The lowest BCUT2D eigenvalue weighted by Crippen LogP contribution is -2.38. The molecule has 1 aliphatic rings. The van der Waals surface area contributed by atoms with Crippen molar-refractivity contribution in [2.45, 2.75) is 26.8 Å². The standard InChI is InChI=1S/C10H20N2OS/c1-8(5-13-4)12-9-11-6-10(2,3)7-14-9/h8H,5-7H2,1-4H3,(H,11,12). The highest BCUT2D eigenvalue weighted by Gasteiger charge is 2.23. The SMILES string of the molecule is COCC(C)NC1=NCC(C)(C)CS1. The van der Waals surface area contributed by atoms with Crippen molar-refractivity contribution in [1.29, 1.82) is 0 Å². The number of hydrogen-bond donors (Lipinski definition) is 1. The third-order valence-electron chi connectivity index (χ3n) is 2.04. The van der Waals surface area contributed by atoms with Crippen molar-refractivity contribution >= 4 is 16.9 Å². The van der Waals surface area contributed by atoms with Crippen molar-refractivity contribution in [2.75, 3.05) is 26.0 Å². The summed E-state index contributed by atoms with van der Waals surface area (Å²) in [5.74, 6) is 1.14. The molecule has 0 aliphatic carbocycles. The molecule has 0 bridgehead atoms. The zero-order valence-corrected chi connectivity index (χ0v) is 10.3. The summed E-state index contributed by atoms with van der Waals surface area (Å²) >= 11 is 1.81. The fourth-order valence-corrected chi connectivity index (χ4v) is 2.29. The third kappa shape index (κ3) is 3.88. The second kappa shape index (κ2) is 5.03. The molecule has 1 aliphatic heterocycles. The first-order chi connectivity index (χ1) is 6.53. The predicted molar refractivity (Wildman–Crippen MR) is 63.0 cm³/mol. The number of thioether (sulfide) groups is 1. The number of amidine groups is 1. The predicted octanol–water partition coefficient (Wildman–Crippen LogP) is 1.74. The quantitative estimate of drug-likeness (QED) is 0.780. The molecule has 0 fully saturated rings. The summed E-state index contributed by atoms with van der Waals surface area (Å²) in [5.41, 5.74) is 0.348. The van der Waals surface area contributed by atoms with E-state index in [-0.39, 0.29) is 0 Å². The Kier molecular flexibility index (Phi) is 4.26. The molecule has 0 amide bonds. The highest BCUT2D eigenvalue weighted by molar-refractivity contribution is 8.13. The smallest absolute Gasteiger partial charge is 0.156 e. The average molecular weight is 216 g/mol. The van der Waals surface area contributed by atoms with Gasteiger partial charge in [0.05, 0.1) is 6.61 Å². The molecule has 0 radical (unpaired) electrons. The number of aliphatic imine (C=N–C) groups is 1. The Bertz CT molecular complexity index is 216. The molecule has 1 atom stereocenters. The van der Waals surface area contributed by atoms with Gasteiger partial charge in [0.25, 0.3) is 0 Å². The van der Waals surface area contributed by atoms with E-state index in [9.17, 15) is 0 Å². The van der Waals surface area contributed by atoms with Gasteiger partial charge < -0.3 is 10.1 Å². The monoisotopic (exact) mass is 216 g/mol. The molecule has 3 nitrogen and oxygen atoms in total. The maximum atomic E-state index is 5.06. The van der Waals surface area contributed by atoms with Crippen LogP contribution in [0, 0.1) is 5.41 Å². The summed E-state index contributed by atoms with van der Waals surface area (Å²) in [7, 11) is 1.72. The van der Waals surface area contributed by atoms with Crippen LogP contribution in [0.3, 0.4) is 0 Å². The van der Waals surface area contributed by atoms with Crippen LogP contribution in [0.1, 0.15) is 20.8 Å². The molecule has 1 rings (SSSR count). The van der Waals surface area contributed by atoms with Gasteiger partial charge in [0.1, 0.15) is 0 Å². The number of methoxy groups -OCH3 is 1. The molecule has 0 aromatic rings. The molecular formula is C10H20N2OS. The van der Waals surface area contributed by atoms with E-state index in [0.29, 0.717) is 11.5 Å². The van der Waals surface area contributed by atoms with Crippen molar-refractivity contribution in [3.8, 4) is 0 Å². The highest BCUT2D eigenvalue weighted by atomic mass is 32.2. The summed E-state index contributed by atoms with van der Waals surface area (Å²) in [5, 5.41) is 4.41. The Morgan fingerprint density at radius 1 is 1.64 bits per heavy atom. The first kappa shape index (κ1) is 11.9. The van der Waals surface area contributed by atoms with Crippen LogP contribution in [0.25, 0.3) is 0 Å². The molecule has 1 heterocycles. The van der Waals surface area contributed by atoms with E-state index >= 15 is 0 Å². The maximum absolute atomic E-state index is 5.06. The topological polar surface area (TPSA) is 33.6 Å². The zero-order valence-electron chi connectivity index (χ0n) is 9.46. The van der Waals surface area contributed by atoms with Crippen molar-refractivity contribution in [2.24, 2.45) is 10.4 Å². The minimum absolute atomic E-state index is 0.340. The van der Waals surface area contributed by atoms with Gasteiger partial charge in [0.15, 0.2) is 5.17 Å². The van der Waals surface area contributed by atoms with Crippen molar-refractivity contribution < 1.29 is 4.74 Å². The Hall–Kier alpha value is -0.220. The largest absolute Gasteiger partial charge is 0.383 e. The van der Waals surface area contributed by atoms with Crippen LogP contribution in [0.15, 0.2) is 4.99 Å². The third-order valence-corrected chi connectivity index (χ3v) is 3.48. The van der Waals surface area contributed by atoms with Gasteiger partial charge in [0.2, 0.25) is 0 Å². The fourth-order valence-electron chi connectivity index (χ4n) is 1.23. The summed E-state index contributed by atoms with van der Waals surface area (Å²) in [4.78, 5) is 4.52. The molecule has 1 unspecified atom stereocenters. The molecule has 0 aromatic heterocycles. The molecule has 0 spiro atoms. The molecule has 82 valence electrons. The minimum Gasteiger partial charge on any atom is -0.383 e. The Labute approximate surface area is 90.7 Å². The first-order valence-corrected chi connectivity index (χ1v) is 5.95. The number of nitrogens with one attached hydrogen (secondary N) is 1. The number of ether oxygens (including phenoxy) is 1. The van der Waals surface area contributed by atoms with Gasteiger partial charge in [-0.15, -0.1) is 0 Å². The van der Waals surface area contributed by atoms with Crippen LogP contribution >= 0.6 is 11.8 Å². The van der Waals surface area contributed by atoms with E-state index in [1.54, 1.807) is 7.11 Å². The highest BCUT2D eigenvalue weighted by Crippen LogP contribution is 2.27. The zero-order chi connectivity index (χ0) is 10.6. The van der Waals surface area contributed by atoms with Crippen LogP contribution in [0.4, 0.5) is 0 Å². The van der Waals surface area contributed by atoms with E-state index in [4.69, 9.17) is 4.74 Å². The van der Waals surface area contributed by atoms with E-state index in [1.807, 2.05) is 11.8 Å². The molecule has 1 N–H and O–H groups in total. The summed E-state index contributed by atoms with van der Waals surface area (Å²) in [6.45, 7) is 8.25. The normalized spacial score (nSPS) is 22.7. The van der Waals surface area contributed by atoms with Gasteiger partial charge in [-0.2, -0.15) is 0 Å². The Balaban J connectivity index is 2.37. The average Bonchev–Trinajstić information content (AvgIpc) is 2.09. The fraction of sp³-hybridized carbons (Fsp3) is 0.900. The minimum atomic E-state index is 0.340. The van der Waals surface area contributed by atoms with Gasteiger partial charge in [-0.25, -0.2) is 0 Å². The van der Waals surface area contributed by atoms with Crippen LogP contribution in [0.5, 0.6) is 0 Å². The summed E-state index contributed by atoms with van der Waals surface area (Å²) in [6.07, 6.45) is 0. The summed E-state index contributed by atoms with van der Waals surface area (Å²) in [6, 6.07) is 0.340. The lowest BCUT2D eigenvalue weighted by Gasteiger charge is -2.28. The second-order valence-corrected chi connectivity index (χ2v) is 5.54. The van der Waals surface area contributed by atoms with Gasteiger partial charge in [-0.05, 0) is 12.3 Å². The Morgan fingerprint density at radius 3 is 2.86 bits per heavy atom. The Morgan fingerprint density at radius 2 is 2.36 bits per heavy atom. The number of hydrogen-bond acceptors (Lipinski definition) is 4. The van der Waals surface area contributed by atoms with Crippen LogP contribution in [-0.2, 0) is 4.74 Å². The van der Waals surface area contributed by atoms with Gasteiger partial charge in [-0.1, -0.05) is 25.6 Å². The second-order valence-electron chi connectivity index (χ2n) is 4.57. The number of nitrogens with zero attached hydrogens (tertiary/aromatic N) is 1. The maximum Gasteiger partial charge on any atom is 0.156 e. The van der Waals surface area contributed by atoms with Crippen molar-refractivity contribution in [3.63, 3.8) is 0 Å². The lowest BCUT2D eigenvalue weighted by molar-refractivity contribution is 0.179. The van der Waals surface area contributed by atoms with Crippen molar-refractivity contribution in [1.82, 2.24) is 5.32 Å². The molecule has 14 heavy (non-hydrogen) atoms. The van der Waals surface area contributed by atoms with Crippen LogP contribution in [0.2, 0.25) is 0 Å². The lowest BCUT2D eigenvalue weighted by atomic mass is 9.97.